The normalized spacial score (nSPS) is 30.5. The summed E-state index contributed by atoms with van der Waals surface area (Å²) < 4.78 is 0. The Labute approximate surface area is 84.4 Å². The van der Waals surface area contributed by atoms with Gasteiger partial charge in [-0.05, 0) is 37.8 Å². The van der Waals surface area contributed by atoms with E-state index in [1.54, 1.807) is 0 Å². The SMILES string of the molecule is CSCCCC1NCCC(C)S1. The zero-order valence-electron chi connectivity index (χ0n) is 8.01. The molecule has 1 fully saturated rings. The maximum Gasteiger partial charge on any atom is 0.0535 e. The third-order valence-electron chi connectivity index (χ3n) is 2.13. The number of rotatable bonds is 4. The van der Waals surface area contributed by atoms with Crippen molar-refractivity contribution in [3.63, 3.8) is 0 Å². The standard InChI is InChI=1S/C9H19NS2/c1-8-5-6-10-9(12-8)4-3-7-11-2/h8-10H,3-7H2,1-2H3. The van der Waals surface area contributed by atoms with Crippen LogP contribution in [0.5, 0.6) is 0 Å². The fraction of sp³-hybridized carbons (Fsp3) is 1.00. The Balaban J connectivity index is 2.06. The molecule has 1 heterocycles. The highest BCUT2D eigenvalue weighted by atomic mass is 32.2. The van der Waals surface area contributed by atoms with E-state index in [4.69, 9.17) is 0 Å². The van der Waals surface area contributed by atoms with Gasteiger partial charge in [-0.25, -0.2) is 0 Å². The number of hydrogen-bond donors (Lipinski definition) is 1. The van der Waals surface area contributed by atoms with Crippen molar-refractivity contribution in [3.05, 3.63) is 0 Å². The molecule has 0 aliphatic carbocycles. The first-order chi connectivity index (χ1) is 5.83. The summed E-state index contributed by atoms with van der Waals surface area (Å²) in [6.45, 7) is 3.56. The molecule has 0 aromatic carbocycles. The summed E-state index contributed by atoms with van der Waals surface area (Å²) >= 11 is 4.07. The summed E-state index contributed by atoms with van der Waals surface area (Å²) in [6, 6.07) is 0. The van der Waals surface area contributed by atoms with Crippen molar-refractivity contribution in [2.75, 3.05) is 18.6 Å². The monoisotopic (exact) mass is 205 g/mol. The van der Waals surface area contributed by atoms with Gasteiger partial charge in [-0.2, -0.15) is 11.8 Å². The third-order valence-corrected chi connectivity index (χ3v) is 4.26. The Bertz CT molecular complexity index is 119. The van der Waals surface area contributed by atoms with Crippen molar-refractivity contribution in [3.8, 4) is 0 Å². The van der Waals surface area contributed by atoms with E-state index in [1.807, 2.05) is 11.8 Å². The van der Waals surface area contributed by atoms with Crippen molar-refractivity contribution in [2.45, 2.75) is 36.8 Å². The van der Waals surface area contributed by atoms with Crippen LogP contribution in [0.4, 0.5) is 0 Å². The minimum atomic E-state index is 0.737. The van der Waals surface area contributed by atoms with Crippen molar-refractivity contribution in [1.29, 1.82) is 0 Å². The Kier molecular flexibility index (Phi) is 5.52. The quantitative estimate of drug-likeness (QED) is 0.709. The molecule has 0 saturated carbocycles. The van der Waals surface area contributed by atoms with Crippen LogP contribution in [-0.4, -0.2) is 29.2 Å². The molecule has 2 atom stereocenters. The van der Waals surface area contributed by atoms with Gasteiger partial charge in [-0.1, -0.05) is 6.92 Å². The number of nitrogens with one attached hydrogen (secondary N) is 1. The first-order valence-electron chi connectivity index (χ1n) is 4.70. The fourth-order valence-electron chi connectivity index (χ4n) is 1.43. The fourth-order valence-corrected chi connectivity index (χ4v) is 3.21. The van der Waals surface area contributed by atoms with E-state index in [9.17, 15) is 0 Å². The Morgan fingerprint density at radius 1 is 1.58 bits per heavy atom. The summed E-state index contributed by atoms with van der Waals surface area (Å²) in [4.78, 5) is 0. The molecule has 0 spiro atoms. The van der Waals surface area contributed by atoms with Gasteiger partial charge >= 0.3 is 0 Å². The van der Waals surface area contributed by atoms with Gasteiger partial charge in [-0.3, -0.25) is 0 Å². The average molecular weight is 205 g/mol. The Hall–Kier alpha value is 0.660. The topological polar surface area (TPSA) is 12.0 Å². The molecule has 0 aromatic rings. The molecule has 0 aromatic heterocycles. The molecule has 0 radical (unpaired) electrons. The molecule has 3 heteroatoms. The summed E-state index contributed by atoms with van der Waals surface area (Å²) in [5.74, 6) is 1.31. The highest BCUT2D eigenvalue weighted by molar-refractivity contribution is 8.00. The molecule has 1 rings (SSSR count). The van der Waals surface area contributed by atoms with Crippen molar-refractivity contribution >= 4 is 23.5 Å². The van der Waals surface area contributed by atoms with Crippen LogP contribution in [0.25, 0.3) is 0 Å². The van der Waals surface area contributed by atoms with Crippen LogP contribution in [0.3, 0.4) is 0 Å². The second-order valence-electron chi connectivity index (χ2n) is 3.31. The van der Waals surface area contributed by atoms with Gasteiger partial charge < -0.3 is 5.32 Å². The molecule has 2 unspecified atom stereocenters. The maximum absolute atomic E-state index is 3.56. The van der Waals surface area contributed by atoms with Gasteiger partial charge in [0.25, 0.3) is 0 Å². The predicted molar refractivity (Wildman–Crippen MR) is 61.1 cm³/mol. The van der Waals surface area contributed by atoms with Gasteiger partial charge in [0.2, 0.25) is 0 Å². The van der Waals surface area contributed by atoms with Crippen LogP contribution >= 0.6 is 23.5 Å². The van der Waals surface area contributed by atoms with E-state index in [2.05, 4.69) is 30.3 Å². The summed E-state index contributed by atoms with van der Waals surface area (Å²) in [7, 11) is 0. The van der Waals surface area contributed by atoms with Gasteiger partial charge in [0.05, 0.1) is 5.37 Å². The summed E-state index contributed by atoms with van der Waals surface area (Å²) in [6.07, 6.45) is 6.22. The minimum absolute atomic E-state index is 0.737. The smallest absolute Gasteiger partial charge is 0.0535 e. The van der Waals surface area contributed by atoms with E-state index in [-0.39, 0.29) is 0 Å². The van der Waals surface area contributed by atoms with Gasteiger partial charge in [-0.15, -0.1) is 11.8 Å². The predicted octanol–water partition coefficient (Wildman–Crippen LogP) is 2.57. The lowest BCUT2D eigenvalue weighted by molar-refractivity contribution is 0.558. The van der Waals surface area contributed by atoms with Gasteiger partial charge in [0.1, 0.15) is 0 Å². The van der Waals surface area contributed by atoms with E-state index in [1.165, 1.54) is 31.6 Å². The Morgan fingerprint density at radius 2 is 2.42 bits per heavy atom. The molecule has 1 N–H and O–H groups in total. The Morgan fingerprint density at radius 3 is 3.08 bits per heavy atom. The molecular formula is C9H19NS2. The number of thioether (sulfide) groups is 2. The van der Waals surface area contributed by atoms with Crippen LogP contribution in [-0.2, 0) is 0 Å². The molecule has 72 valence electrons. The zero-order chi connectivity index (χ0) is 8.81. The lowest BCUT2D eigenvalue weighted by Crippen LogP contribution is -2.34. The van der Waals surface area contributed by atoms with E-state index in [0.717, 1.165) is 10.6 Å². The molecule has 1 nitrogen and oxygen atoms in total. The second kappa shape index (κ2) is 6.17. The molecular weight excluding hydrogens is 186 g/mol. The van der Waals surface area contributed by atoms with Crippen molar-refractivity contribution in [2.24, 2.45) is 0 Å². The average Bonchev–Trinajstić information content (AvgIpc) is 2.05. The van der Waals surface area contributed by atoms with Crippen LogP contribution in [0.15, 0.2) is 0 Å². The lowest BCUT2D eigenvalue weighted by atomic mass is 10.3. The summed E-state index contributed by atoms with van der Waals surface area (Å²) in [5, 5.41) is 5.17. The van der Waals surface area contributed by atoms with Crippen LogP contribution in [0.2, 0.25) is 0 Å². The largest absolute Gasteiger partial charge is 0.305 e. The third kappa shape index (κ3) is 4.06. The van der Waals surface area contributed by atoms with Crippen LogP contribution in [0, 0.1) is 0 Å². The molecule has 12 heavy (non-hydrogen) atoms. The minimum Gasteiger partial charge on any atom is -0.305 e. The molecule has 0 amide bonds. The first-order valence-corrected chi connectivity index (χ1v) is 7.04. The maximum atomic E-state index is 3.56. The molecule has 1 saturated heterocycles. The van der Waals surface area contributed by atoms with E-state index in [0.29, 0.717) is 0 Å². The summed E-state index contributed by atoms with van der Waals surface area (Å²) in [5.41, 5.74) is 0. The first kappa shape index (κ1) is 10.7. The molecule has 1 aliphatic heterocycles. The van der Waals surface area contributed by atoms with E-state index >= 15 is 0 Å². The zero-order valence-corrected chi connectivity index (χ0v) is 9.64. The van der Waals surface area contributed by atoms with E-state index < -0.39 is 0 Å². The van der Waals surface area contributed by atoms with Gasteiger partial charge in [0, 0.05) is 5.25 Å². The van der Waals surface area contributed by atoms with Crippen LogP contribution in [0.1, 0.15) is 26.2 Å². The lowest BCUT2D eigenvalue weighted by Gasteiger charge is -2.27. The highest BCUT2D eigenvalue weighted by Crippen LogP contribution is 2.25. The molecule has 1 aliphatic rings. The number of hydrogen-bond acceptors (Lipinski definition) is 3. The van der Waals surface area contributed by atoms with Crippen LogP contribution < -0.4 is 5.32 Å². The molecule has 0 bridgehead atoms. The second-order valence-corrected chi connectivity index (χ2v) is 5.94. The van der Waals surface area contributed by atoms with Crippen molar-refractivity contribution < 1.29 is 0 Å². The highest BCUT2D eigenvalue weighted by Gasteiger charge is 2.17. The van der Waals surface area contributed by atoms with Gasteiger partial charge in [0.15, 0.2) is 0 Å². The van der Waals surface area contributed by atoms with Crippen molar-refractivity contribution in [1.82, 2.24) is 5.32 Å².